The van der Waals surface area contributed by atoms with Gasteiger partial charge in [-0.15, -0.1) is 11.3 Å². The average Bonchev–Trinajstić information content (AvgIpc) is 2.81. The molecule has 0 radical (unpaired) electrons. The Morgan fingerprint density at radius 1 is 1.53 bits per heavy atom. The van der Waals surface area contributed by atoms with Crippen LogP contribution in [-0.4, -0.2) is 18.1 Å². The SMILES string of the molecule is COC(=O)c1ccc(Nc2nccs2)cc1F. The fourth-order valence-electron chi connectivity index (χ4n) is 1.28. The highest BCUT2D eigenvalue weighted by molar-refractivity contribution is 7.13. The number of aromatic nitrogens is 1. The average molecular weight is 252 g/mol. The predicted molar refractivity (Wildman–Crippen MR) is 63.1 cm³/mol. The van der Waals surface area contributed by atoms with Crippen molar-refractivity contribution in [2.45, 2.75) is 0 Å². The van der Waals surface area contributed by atoms with Gasteiger partial charge in [-0.2, -0.15) is 0 Å². The van der Waals surface area contributed by atoms with Crippen molar-refractivity contribution in [3.63, 3.8) is 0 Å². The Morgan fingerprint density at radius 3 is 2.94 bits per heavy atom. The topological polar surface area (TPSA) is 51.2 Å². The van der Waals surface area contributed by atoms with Gasteiger partial charge in [-0.3, -0.25) is 0 Å². The number of hydrogen-bond donors (Lipinski definition) is 1. The fourth-order valence-corrected chi connectivity index (χ4v) is 1.83. The van der Waals surface area contributed by atoms with Crippen LogP contribution in [0.2, 0.25) is 0 Å². The number of nitrogens with zero attached hydrogens (tertiary/aromatic N) is 1. The number of ether oxygens (including phenoxy) is 1. The summed E-state index contributed by atoms with van der Waals surface area (Å²) >= 11 is 1.40. The second-order valence-electron chi connectivity index (χ2n) is 3.15. The number of carbonyl (C=O) groups is 1. The van der Waals surface area contributed by atoms with Gasteiger partial charge in [0.25, 0.3) is 0 Å². The zero-order valence-electron chi connectivity index (χ0n) is 8.94. The highest BCUT2D eigenvalue weighted by Crippen LogP contribution is 2.21. The summed E-state index contributed by atoms with van der Waals surface area (Å²) in [5, 5.41) is 5.39. The molecular formula is C11H9FN2O2S. The minimum absolute atomic E-state index is 0.0859. The maximum absolute atomic E-state index is 13.6. The van der Waals surface area contributed by atoms with Gasteiger partial charge >= 0.3 is 5.97 Å². The highest BCUT2D eigenvalue weighted by atomic mass is 32.1. The van der Waals surface area contributed by atoms with E-state index in [1.165, 1.54) is 30.6 Å². The number of hydrogen-bond acceptors (Lipinski definition) is 5. The first-order valence-electron chi connectivity index (χ1n) is 4.75. The predicted octanol–water partition coefficient (Wildman–Crippen LogP) is 2.81. The lowest BCUT2D eigenvalue weighted by molar-refractivity contribution is 0.0595. The number of benzene rings is 1. The molecule has 0 saturated heterocycles. The largest absolute Gasteiger partial charge is 0.465 e. The van der Waals surface area contributed by atoms with E-state index in [0.29, 0.717) is 10.8 Å². The zero-order chi connectivity index (χ0) is 12.3. The van der Waals surface area contributed by atoms with Gasteiger partial charge in [0.2, 0.25) is 0 Å². The summed E-state index contributed by atoms with van der Waals surface area (Å²) in [7, 11) is 1.21. The maximum Gasteiger partial charge on any atom is 0.340 e. The number of thiazole rings is 1. The maximum atomic E-state index is 13.6. The van der Waals surface area contributed by atoms with E-state index in [-0.39, 0.29) is 5.56 Å². The smallest absolute Gasteiger partial charge is 0.340 e. The van der Waals surface area contributed by atoms with E-state index in [0.717, 1.165) is 0 Å². The first-order chi connectivity index (χ1) is 8.20. The molecule has 0 saturated carbocycles. The van der Waals surface area contributed by atoms with Crippen molar-refractivity contribution in [2.75, 3.05) is 12.4 Å². The molecular weight excluding hydrogens is 243 g/mol. The Hall–Kier alpha value is -1.95. The second-order valence-corrected chi connectivity index (χ2v) is 4.04. The number of anilines is 2. The second kappa shape index (κ2) is 4.92. The van der Waals surface area contributed by atoms with Gasteiger partial charge in [0.15, 0.2) is 5.13 Å². The molecule has 4 nitrogen and oxygen atoms in total. The van der Waals surface area contributed by atoms with E-state index in [4.69, 9.17) is 0 Å². The van der Waals surface area contributed by atoms with Gasteiger partial charge in [0, 0.05) is 17.3 Å². The van der Waals surface area contributed by atoms with Crippen molar-refractivity contribution in [1.29, 1.82) is 0 Å². The van der Waals surface area contributed by atoms with E-state index in [2.05, 4.69) is 15.0 Å². The van der Waals surface area contributed by atoms with Crippen molar-refractivity contribution < 1.29 is 13.9 Å². The van der Waals surface area contributed by atoms with Crippen molar-refractivity contribution in [2.24, 2.45) is 0 Å². The molecule has 88 valence electrons. The van der Waals surface area contributed by atoms with Gasteiger partial charge in [-0.1, -0.05) is 0 Å². The lowest BCUT2D eigenvalue weighted by atomic mass is 10.2. The van der Waals surface area contributed by atoms with E-state index in [1.807, 2.05) is 5.38 Å². The Balaban J connectivity index is 2.22. The summed E-state index contributed by atoms with van der Waals surface area (Å²) in [6.07, 6.45) is 1.65. The van der Waals surface area contributed by atoms with E-state index in [1.54, 1.807) is 12.3 Å². The lowest BCUT2D eigenvalue weighted by Gasteiger charge is -2.05. The third-order valence-electron chi connectivity index (χ3n) is 2.06. The van der Waals surface area contributed by atoms with Crippen LogP contribution in [0.3, 0.4) is 0 Å². The third-order valence-corrected chi connectivity index (χ3v) is 2.75. The molecule has 0 fully saturated rings. The molecule has 1 aromatic heterocycles. The summed E-state index contributed by atoms with van der Waals surface area (Å²) in [6, 6.07) is 4.20. The van der Waals surface area contributed by atoms with E-state index in [9.17, 15) is 9.18 Å². The number of esters is 1. The molecule has 0 atom stereocenters. The van der Waals surface area contributed by atoms with Crippen LogP contribution in [-0.2, 0) is 4.74 Å². The minimum atomic E-state index is -0.691. The molecule has 0 aliphatic carbocycles. The van der Waals surface area contributed by atoms with Crippen LogP contribution in [0.5, 0.6) is 0 Å². The molecule has 6 heteroatoms. The van der Waals surface area contributed by atoms with Gasteiger partial charge in [0.1, 0.15) is 5.82 Å². The van der Waals surface area contributed by atoms with Crippen molar-refractivity contribution in [1.82, 2.24) is 4.98 Å². The molecule has 2 aromatic rings. The summed E-state index contributed by atoms with van der Waals surface area (Å²) in [6.45, 7) is 0. The van der Waals surface area contributed by atoms with E-state index >= 15 is 0 Å². The monoisotopic (exact) mass is 252 g/mol. The van der Waals surface area contributed by atoms with Crippen LogP contribution >= 0.6 is 11.3 Å². The normalized spacial score (nSPS) is 10.0. The Morgan fingerprint density at radius 2 is 2.35 bits per heavy atom. The number of methoxy groups -OCH3 is 1. The number of nitrogens with one attached hydrogen (secondary N) is 1. The molecule has 1 N–H and O–H groups in total. The molecule has 0 amide bonds. The molecule has 0 aliphatic rings. The van der Waals surface area contributed by atoms with Crippen molar-refractivity contribution in [3.05, 3.63) is 41.2 Å². The van der Waals surface area contributed by atoms with E-state index < -0.39 is 11.8 Å². The molecule has 1 heterocycles. The number of carbonyl (C=O) groups excluding carboxylic acids is 1. The Labute approximate surface area is 101 Å². The van der Waals surface area contributed by atoms with Crippen LogP contribution in [0.25, 0.3) is 0 Å². The molecule has 0 bridgehead atoms. The van der Waals surface area contributed by atoms with Crippen LogP contribution in [0.15, 0.2) is 29.8 Å². The third kappa shape index (κ3) is 2.59. The molecule has 1 aromatic carbocycles. The van der Waals surface area contributed by atoms with Crippen LogP contribution in [0.1, 0.15) is 10.4 Å². The molecule has 0 unspecified atom stereocenters. The Bertz CT molecular complexity index is 528. The molecule has 17 heavy (non-hydrogen) atoms. The minimum Gasteiger partial charge on any atom is -0.465 e. The summed E-state index contributed by atoms with van der Waals surface area (Å²) < 4.78 is 18.0. The van der Waals surface area contributed by atoms with Crippen LogP contribution in [0, 0.1) is 5.82 Å². The molecule has 0 spiro atoms. The number of halogens is 1. The zero-order valence-corrected chi connectivity index (χ0v) is 9.75. The van der Waals surface area contributed by atoms with Gasteiger partial charge < -0.3 is 10.1 Å². The van der Waals surface area contributed by atoms with Gasteiger partial charge in [-0.05, 0) is 18.2 Å². The lowest BCUT2D eigenvalue weighted by Crippen LogP contribution is -2.04. The van der Waals surface area contributed by atoms with Crippen LogP contribution in [0.4, 0.5) is 15.2 Å². The quantitative estimate of drug-likeness (QED) is 0.853. The molecule has 0 aliphatic heterocycles. The Kier molecular flexibility index (Phi) is 3.34. The van der Waals surface area contributed by atoms with Gasteiger partial charge in [0.05, 0.1) is 12.7 Å². The highest BCUT2D eigenvalue weighted by Gasteiger charge is 2.12. The molecule has 2 rings (SSSR count). The first kappa shape index (κ1) is 11.5. The van der Waals surface area contributed by atoms with Crippen LogP contribution < -0.4 is 5.32 Å². The standard InChI is InChI=1S/C11H9FN2O2S/c1-16-10(15)8-3-2-7(6-9(8)12)14-11-13-4-5-17-11/h2-6H,1H3,(H,13,14). The summed E-state index contributed by atoms with van der Waals surface area (Å²) in [5.74, 6) is -1.32. The first-order valence-corrected chi connectivity index (χ1v) is 5.63. The fraction of sp³-hybridized carbons (Fsp3) is 0.0909. The summed E-state index contributed by atoms with van der Waals surface area (Å²) in [4.78, 5) is 15.2. The summed E-state index contributed by atoms with van der Waals surface area (Å²) in [5.41, 5.74) is 0.447. The number of rotatable bonds is 3. The van der Waals surface area contributed by atoms with Gasteiger partial charge in [-0.25, -0.2) is 14.2 Å². The van der Waals surface area contributed by atoms with Crippen molar-refractivity contribution >= 4 is 28.1 Å². The van der Waals surface area contributed by atoms with Crippen molar-refractivity contribution in [3.8, 4) is 0 Å².